The highest BCUT2D eigenvalue weighted by molar-refractivity contribution is 7.72. The van der Waals surface area contributed by atoms with E-state index in [0.29, 0.717) is 30.2 Å². The fraction of sp³-hybridized carbons (Fsp3) is 0.600. The van der Waals surface area contributed by atoms with E-state index in [-0.39, 0.29) is 19.0 Å². The Morgan fingerprint density at radius 2 is 1.86 bits per heavy atom. The summed E-state index contributed by atoms with van der Waals surface area (Å²) < 4.78 is 59.1. The molecule has 1 aromatic rings. The molecule has 0 N–H and O–H groups in total. The Morgan fingerprint density at radius 1 is 1.24 bits per heavy atom. The summed E-state index contributed by atoms with van der Waals surface area (Å²) in [4.78, 5) is 15.0. The average Bonchev–Trinajstić information content (AvgIpc) is 2.87. The predicted molar refractivity (Wildman–Crippen MR) is 66.4 cm³/mol. The zero-order chi connectivity index (χ0) is 15.6. The zero-order valence-electron chi connectivity index (χ0n) is 10.8. The van der Waals surface area contributed by atoms with Gasteiger partial charge in [0, 0.05) is 32.4 Å². The Balaban J connectivity index is 1.97. The molecule has 11 heteroatoms. The lowest BCUT2D eigenvalue weighted by molar-refractivity contribution is -0.137. The standard InChI is InChI=1S/C10H13F3N4O3S/c11-10(12,13)8-5-14-17(6-8)9(18)16-3-1-15(2-4-16)7-21(19)20/h5-6,21H,1-4,7H2. The van der Waals surface area contributed by atoms with Gasteiger partial charge < -0.3 is 4.90 Å². The molecular formula is C10H13F3N4O3S. The number of alkyl halides is 3. The highest BCUT2D eigenvalue weighted by Crippen LogP contribution is 2.28. The van der Waals surface area contributed by atoms with E-state index in [4.69, 9.17) is 0 Å². The number of carbonyl (C=O) groups excluding carboxylic acids is 1. The van der Waals surface area contributed by atoms with Crippen LogP contribution in [0.3, 0.4) is 0 Å². The molecule has 7 nitrogen and oxygen atoms in total. The van der Waals surface area contributed by atoms with Crippen molar-refractivity contribution in [3.8, 4) is 0 Å². The van der Waals surface area contributed by atoms with E-state index in [9.17, 15) is 26.4 Å². The van der Waals surface area contributed by atoms with Crippen molar-refractivity contribution in [2.24, 2.45) is 0 Å². The molecule has 1 aliphatic heterocycles. The Labute approximate surface area is 119 Å². The summed E-state index contributed by atoms with van der Waals surface area (Å²) in [6.07, 6.45) is -3.31. The lowest BCUT2D eigenvalue weighted by Gasteiger charge is -2.33. The van der Waals surface area contributed by atoms with E-state index in [1.165, 1.54) is 4.90 Å². The van der Waals surface area contributed by atoms with Gasteiger partial charge in [0.2, 0.25) is 0 Å². The quantitative estimate of drug-likeness (QED) is 0.778. The molecule has 0 unspecified atom stereocenters. The number of nitrogens with zero attached hydrogens (tertiary/aromatic N) is 4. The van der Waals surface area contributed by atoms with Crippen molar-refractivity contribution >= 4 is 16.7 Å². The van der Waals surface area contributed by atoms with E-state index in [1.54, 1.807) is 4.90 Å². The molecule has 1 fully saturated rings. The first-order chi connectivity index (χ1) is 9.77. The molecule has 118 valence electrons. The molecule has 21 heavy (non-hydrogen) atoms. The van der Waals surface area contributed by atoms with Gasteiger partial charge in [-0.25, -0.2) is 13.2 Å². The van der Waals surface area contributed by atoms with Crippen LogP contribution in [0.1, 0.15) is 5.56 Å². The third-order valence-electron chi connectivity index (χ3n) is 3.06. The number of hydrogen-bond acceptors (Lipinski definition) is 5. The summed E-state index contributed by atoms with van der Waals surface area (Å²) in [7, 11) is -2.53. The van der Waals surface area contributed by atoms with Gasteiger partial charge in [0.05, 0.1) is 17.6 Å². The van der Waals surface area contributed by atoms with Gasteiger partial charge in [-0.3, -0.25) is 4.90 Å². The third-order valence-corrected chi connectivity index (χ3v) is 3.70. The number of carbonyl (C=O) groups is 1. The molecule has 0 saturated carbocycles. The van der Waals surface area contributed by atoms with Crippen molar-refractivity contribution in [1.82, 2.24) is 19.6 Å². The van der Waals surface area contributed by atoms with Crippen LogP contribution in [0.25, 0.3) is 0 Å². The lowest BCUT2D eigenvalue weighted by Crippen LogP contribution is -2.50. The van der Waals surface area contributed by atoms with Crippen LogP contribution in [0, 0.1) is 0 Å². The molecule has 0 spiro atoms. The number of aromatic nitrogens is 2. The first-order valence-corrected chi connectivity index (χ1v) is 7.39. The van der Waals surface area contributed by atoms with E-state index >= 15 is 0 Å². The summed E-state index contributed by atoms with van der Waals surface area (Å²) in [6, 6.07) is -0.656. The second-order valence-electron chi connectivity index (χ2n) is 4.53. The number of halogens is 3. The third kappa shape index (κ3) is 3.94. The minimum absolute atomic E-state index is 0.0860. The molecule has 0 bridgehead atoms. The van der Waals surface area contributed by atoms with Gasteiger partial charge in [-0.05, 0) is 0 Å². The minimum Gasteiger partial charge on any atom is -0.320 e. The number of thiol groups is 1. The summed E-state index contributed by atoms with van der Waals surface area (Å²) in [5.74, 6) is -0.0860. The fourth-order valence-electron chi connectivity index (χ4n) is 1.96. The largest absolute Gasteiger partial charge is 0.419 e. The van der Waals surface area contributed by atoms with Gasteiger partial charge in [-0.15, -0.1) is 0 Å². The summed E-state index contributed by atoms with van der Waals surface area (Å²) in [5, 5.41) is 3.42. The molecule has 0 aliphatic carbocycles. The Hall–Kier alpha value is -1.62. The van der Waals surface area contributed by atoms with Gasteiger partial charge in [0.1, 0.15) is 0 Å². The SMILES string of the molecule is O=C(N1CCN(C[SH](=O)=O)CC1)n1cc(C(F)(F)F)cn1. The lowest BCUT2D eigenvalue weighted by atomic mass is 10.3. The number of rotatable bonds is 2. The second-order valence-corrected chi connectivity index (χ2v) is 5.48. The van der Waals surface area contributed by atoms with Crippen LogP contribution in [-0.2, 0) is 16.9 Å². The second kappa shape index (κ2) is 6.02. The maximum atomic E-state index is 12.4. The van der Waals surface area contributed by atoms with Crippen molar-refractivity contribution < 1.29 is 26.4 Å². The van der Waals surface area contributed by atoms with Gasteiger partial charge >= 0.3 is 12.2 Å². The molecule has 2 heterocycles. The first kappa shape index (κ1) is 15.8. The van der Waals surface area contributed by atoms with Crippen molar-refractivity contribution in [3.63, 3.8) is 0 Å². The molecule has 0 atom stereocenters. The van der Waals surface area contributed by atoms with Gasteiger partial charge in [-0.2, -0.15) is 23.0 Å². The predicted octanol–water partition coefficient (Wildman–Crippen LogP) is 0.0565. The molecule has 0 aromatic carbocycles. The normalized spacial score (nSPS) is 17.4. The van der Waals surface area contributed by atoms with Crippen LogP contribution in [0.2, 0.25) is 0 Å². The Kier molecular flexibility index (Phi) is 4.52. The van der Waals surface area contributed by atoms with Gasteiger partial charge in [0.25, 0.3) is 0 Å². The minimum atomic E-state index is -4.54. The molecule has 1 amide bonds. The molecule has 2 rings (SSSR count). The van der Waals surface area contributed by atoms with E-state index in [1.807, 2.05) is 0 Å². The van der Waals surface area contributed by atoms with Crippen LogP contribution < -0.4 is 0 Å². The smallest absolute Gasteiger partial charge is 0.320 e. The van der Waals surface area contributed by atoms with Crippen LogP contribution in [0.5, 0.6) is 0 Å². The molecule has 1 saturated heterocycles. The summed E-state index contributed by atoms with van der Waals surface area (Å²) >= 11 is 0. The molecular weight excluding hydrogens is 313 g/mol. The van der Waals surface area contributed by atoms with Gasteiger partial charge in [0.15, 0.2) is 10.7 Å². The number of piperazine rings is 1. The van der Waals surface area contributed by atoms with Crippen LogP contribution in [0.15, 0.2) is 12.4 Å². The van der Waals surface area contributed by atoms with Crippen LogP contribution in [-0.4, -0.2) is 66.1 Å². The molecule has 1 aromatic heterocycles. The van der Waals surface area contributed by atoms with E-state index in [2.05, 4.69) is 5.10 Å². The van der Waals surface area contributed by atoms with Crippen LogP contribution in [0.4, 0.5) is 18.0 Å². The Morgan fingerprint density at radius 3 is 2.33 bits per heavy atom. The highest BCUT2D eigenvalue weighted by atomic mass is 32.2. The number of amides is 1. The van der Waals surface area contributed by atoms with E-state index in [0.717, 1.165) is 0 Å². The Bertz CT molecular complexity index is 583. The van der Waals surface area contributed by atoms with Gasteiger partial charge in [-0.1, -0.05) is 0 Å². The summed E-state index contributed by atoms with van der Waals surface area (Å²) in [6.45, 7) is 1.18. The fourth-order valence-corrected chi connectivity index (χ4v) is 2.57. The molecule has 1 aliphatic rings. The monoisotopic (exact) mass is 326 g/mol. The topological polar surface area (TPSA) is 75.5 Å². The maximum Gasteiger partial charge on any atom is 0.419 e. The zero-order valence-corrected chi connectivity index (χ0v) is 11.7. The maximum absolute atomic E-state index is 12.4. The summed E-state index contributed by atoms with van der Waals surface area (Å²) in [5.41, 5.74) is -0.988. The first-order valence-electron chi connectivity index (χ1n) is 6.02. The van der Waals surface area contributed by atoms with E-state index < -0.39 is 28.5 Å². The number of hydrogen-bond donors (Lipinski definition) is 1. The van der Waals surface area contributed by atoms with Crippen molar-refractivity contribution in [1.29, 1.82) is 0 Å². The van der Waals surface area contributed by atoms with Crippen molar-refractivity contribution in [3.05, 3.63) is 18.0 Å². The van der Waals surface area contributed by atoms with Crippen molar-refractivity contribution in [2.75, 3.05) is 32.1 Å². The average molecular weight is 326 g/mol. The highest BCUT2D eigenvalue weighted by Gasteiger charge is 2.33. The van der Waals surface area contributed by atoms with Crippen LogP contribution >= 0.6 is 0 Å². The molecule has 0 radical (unpaired) electrons. The van der Waals surface area contributed by atoms with Crippen molar-refractivity contribution in [2.45, 2.75) is 6.18 Å².